The molecule has 0 saturated carbocycles. The van der Waals surface area contributed by atoms with Gasteiger partial charge in [-0.3, -0.25) is 14.8 Å². The fourth-order valence-corrected chi connectivity index (χ4v) is 1.93. The molecule has 0 aliphatic heterocycles. The first kappa shape index (κ1) is 15.0. The monoisotopic (exact) mass is 311 g/mol. The Morgan fingerprint density at radius 2 is 2.00 bits per heavy atom. The van der Waals surface area contributed by atoms with Gasteiger partial charge in [0.05, 0.1) is 26.5 Å². The van der Waals surface area contributed by atoms with Gasteiger partial charge in [-0.1, -0.05) is 0 Å². The molecule has 0 aliphatic carbocycles. The van der Waals surface area contributed by atoms with Crippen LogP contribution in [0.4, 0.5) is 5.69 Å². The maximum Gasteiger partial charge on any atom is 0.244 e. The van der Waals surface area contributed by atoms with Crippen LogP contribution in [0, 0.1) is 0 Å². The summed E-state index contributed by atoms with van der Waals surface area (Å²) < 4.78 is 10.4. The van der Waals surface area contributed by atoms with Gasteiger partial charge in [0, 0.05) is 6.20 Å². The van der Waals surface area contributed by atoms with Gasteiger partial charge in [0.15, 0.2) is 5.69 Å². The van der Waals surface area contributed by atoms with Crippen molar-refractivity contribution >= 4 is 23.2 Å². The molecule has 0 fully saturated rings. The van der Waals surface area contributed by atoms with Gasteiger partial charge in [-0.2, -0.15) is 15.1 Å². The van der Waals surface area contributed by atoms with Crippen LogP contribution < -0.4 is 14.4 Å². The molecule has 0 bridgehead atoms. The minimum atomic E-state index is -0.342. The van der Waals surface area contributed by atoms with E-state index in [-0.39, 0.29) is 30.1 Å². The van der Waals surface area contributed by atoms with Crippen LogP contribution in [0.1, 0.15) is 5.69 Å². The van der Waals surface area contributed by atoms with E-state index >= 15 is 0 Å². The van der Waals surface area contributed by atoms with Gasteiger partial charge >= 0.3 is 0 Å². The number of methoxy groups -OCH3 is 2. The molecule has 1 amide bonds. The Bertz CT molecular complexity index is 583. The fraction of sp³-hybridized carbons (Fsp3) is 0.333. The van der Waals surface area contributed by atoms with Crippen LogP contribution in [0.3, 0.4) is 0 Å². The molecule has 1 N–H and O–H groups in total. The number of aromatic amines is 1. The number of carbonyl (C=O) groups excluding carboxylic acids is 1. The number of hydrogen-bond donors (Lipinski definition) is 1. The first-order valence-electron chi connectivity index (χ1n) is 5.99. The number of hydrogen-bond acceptors (Lipinski definition) is 6. The Morgan fingerprint density at radius 3 is 2.48 bits per heavy atom. The second-order valence-electron chi connectivity index (χ2n) is 3.92. The van der Waals surface area contributed by atoms with Crippen molar-refractivity contribution in [3.63, 3.8) is 0 Å². The molecule has 2 rings (SSSR count). The summed E-state index contributed by atoms with van der Waals surface area (Å²) in [4.78, 5) is 21.5. The highest BCUT2D eigenvalue weighted by molar-refractivity contribution is 6.29. The maximum atomic E-state index is 12.2. The molecule has 0 spiro atoms. The Kier molecular flexibility index (Phi) is 4.94. The molecule has 9 heteroatoms. The molecule has 0 aliphatic rings. The highest BCUT2D eigenvalue weighted by atomic mass is 35.5. The van der Waals surface area contributed by atoms with E-state index in [2.05, 4.69) is 20.2 Å². The van der Waals surface area contributed by atoms with Crippen molar-refractivity contribution < 1.29 is 14.3 Å². The number of nitrogens with one attached hydrogen (secondary N) is 1. The Labute approximate surface area is 126 Å². The van der Waals surface area contributed by atoms with Crippen molar-refractivity contribution in [2.24, 2.45) is 0 Å². The maximum absolute atomic E-state index is 12.2. The average Bonchev–Trinajstić information content (AvgIpc) is 3.04. The zero-order valence-electron chi connectivity index (χ0n) is 11.5. The smallest absolute Gasteiger partial charge is 0.244 e. The number of carbonyl (C=O) groups is 1. The molecule has 0 aromatic carbocycles. The van der Waals surface area contributed by atoms with Gasteiger partial charge in [-0.25, -0.2) is 0 Å². The number of H-pyrrole nitrogens is 1. The predicted molar refractivity (Wildman–Crippen MR) is 75.6 cm³/mol. The molecule has 21 heavy (non-hydrogen) atoms. The summed E-state index contributed by atoms with van der Waals surface area (Å²) in [6.07, 6.45) is 2.95. The average molecular weight is 312 g/mol. The van der Waals surface area contributed by atoms with Crippen LogP contribution in [0.5, 0.6) is 11.8 Å². The number of ether oxygens (including phenoxy) is 2. The lowest BCUT2D eigenvalue weighted by atomic mass is 10.3. The third kappa shape index (κ3) is 3.22. The molecule has 112 valence electrons. The summed E-state index contributed by atoms with van der Waals surface area (Å²) in [5.74, 6) is -0.108. The SMILES string of the molecule is COc1ncnc(OC)c1N(Cc1cc[nH]n1)C(=O)CCl. The lowest BCUT2D eigenvalue weighted by Gasteiger charge is -2.23. The lowest BCUT2D eigenvalue weighted by molar-refractivity contribution is -0.116. The van der Waals surface area contributed by atoms with E-state index < -0.39 is 0 Å². The summed E-state index contributed by atoms with van der Waals surface area (Å²) in [5.41, 5.74) is 0.970. The normalized spacial score (nSPS) is 10.2. The van der Waals surface area contributed by atoms with Crippen LogP contribution in [-0.4, -0.2) is 46.2 Å². The van der Waals surface area contributed by atoms with Crippen LogP contribution in [-0.2, 0) is 11.3 Å². The summed E-state index contributed by atoms with van der Waals surface area (Å²) in [5, 5.41) is 6.71. The van der Waals surface area contributed by atoms with Crippen LogP contribution >= 0.6 is 11.6 Å². The molecule has 2 heterocycles. The van der Waals surface area contributed by atoms with E-state index in [0.717, 1.165) is 0 Å². The summed E-state index contributed by atoms with van der Waals surface area (Å²) in [6.45, 7) is 0.190. The van der Waals surface area contributed by atoms with E-state index in [9.17, 15) is 4.79 Å². The van der Waals surface area contributed by atoms with Gasteiger partial charge in [0.25, 0.3) is 0 Å². The van der Waals surface area contributed by atoms with E-state index in [4.69, 9.17) is 21.1 Å². The fourth-order valence-electron chi connectivity index (χ4n) is 1.78. The van der Waals surface area contributed by atoms with Crippen LogP contribution in [0.15, 0.2) is 18.6 Å². The third-order valence-electron chi connectivity index (χ3n) is 2.71. The minimum Gasteiger partial charge on any atom is -0.479 e. The summed E-state index contributed by atoms with van der Waals surface area (Å²) in [7, 11) is 2.90. The molecular formula is C12H14ClN5O3. The largest absolute Gasteiger partial charge is 0.479 e. The van der Waals surface area contributed by atoms with Crippen molar-refractivity contribution in [1.29, 1.82) is 0 Å². The van der Waals surface area contributed by atoms with Gasteiger partial charge < -0.3 is 9.47 Å². The number of rotatable bonds is 6. The molecule has 0 atom stereocenters. The third-order valence-corrected chi connectivity index (χ3v) is 2.93. The molecular weight excluding hydrogens is 298 g/mol. The zero-order valence-corrected chi connectivity index (χ0v) is 12.3. The van der Waals surface area contributed by atoms with Crippen molar-refractivity contribution in [3.8, 4) is 11.8 Å². The second kappa shape index (κ2) is 6.89. The molecule has 0 saturated heterocycles. The van der Waals surface area contributed by atoms with E-state index in [1.54, 1.807) is 12.3 Å². The van der Waals surface area contributed by atoms with Crippen molar-refractivity contribution in [1.82, 2.24) is 20.2 Å². The molecule has 2 aromatic rings. The molecule has 2 aromatic heterocycles. The highest BCUT2D eigenvalue weighted by Crippen LogP contribution is 2.35. The van der Waals surface area contributed by atoms with Gasteiger partial charge in [0.1, 0.15) is 12.2 Å². The van der Waals surface area contributed by atoms with E-state index in [1.807, 2.05) is 0 Å². The topological polar surface area (TPSA) is 93.2 Å². The Balaban J connectivity index is 2.47. The number of anilines is 1. The van der Waals surface area contributed by atoms with E-state index in [0.29, 0.717) is 11.4 Å². The minimum absolute atomic E-state index is 0.190. The summed E-state index contributed by atoms with van der Waals surface area (Å²) in [6, 6.07) is 1.75. The van der Waals surface area contributed by atoms with Gasteiger partial charge in [0.2, 0.25) is 17.7 Å². The highest BCUT2D eigenvalue weighted by Gasteiger charge is 2.25. The number of alkyl halides is 1. The van der Waals surface area contributed by atoms with Gasteiger partial charge in [-0.15, -0.1) is 11.6 Å². The van der Waals surface area contributed by atoms with Crippen molar-refractivity contribution in [2.45, 2.75) is 6.54 Å². The number of nitrogens with zero attached hydrogens (tertiary/aromatic N) is 4. The summed E-state index contributed by atoms with van der Waals surface area (Å²) >= 11 is 5.69. The van der Waals surface area contributed by atoms with E-state index in [1.165, 1.54) is 25.4 Å². The zero-order chi connectivity index (χ0) is 15.2. The van der Waals surface area contributed by atoms with Crippen LogP contribution in [0.25, 0.3) is 0 Å². The quantitative estimate of drug-likeness (QED) is 0.800. The van der Waals surface area contributed by atoms with Crippen LogP contribution in [0.2, 0.25) is 0 Å². The molecule has 0 unspecified atom stereocenters. The second-order valence-corrected chi connectivity index (χ2v) is 4.19. The standard InChI is InChI=1S/C12H14ClN5O3/c1-20-11-10(12(21-2)15-7-14-11)18(9(19)5-13)6-8-3-4-16-17-8/h3-4,7H,5-6H2,1-2H3,(H,16,17). The number of amides is 1. The number of halogens is 1. The first-order valence-corrected chi connectivity index (χ1v) is 6.52. The Morgan fingerprint density at radius 1 is 1.33 bits per heavy atom. The van der Waals surface area contributed by atoms with Gasteiger partial charge in [-0.05, 0) is 6.07 Å². The van der Waals surface area contributed by atoms with Crippen molar-refractivity contribution in [3.05, 3.63) is 24.3 Å². The number of aromatic nitrogens is 4. The Hall–Kier alpha value is -2.35. The molecule has 0 radical (unpaired) electrons. The lowest BCUT2D eigenvalue weighted by Crippen LogP contribution is -2.32. The first-order chi connectivity index (χ1) is 10.2. The predicted octanol–water partition coefficient (Wildman–Crippen LogP) is 0.989. The van der Waals surface area contributed by atoms with Crippen molar-refractivity contribution in [2.75, 3.05) is 25.0 Å². The molecule has 8 nitrogen and oxygen atoms in total.